The number of hydrogen-bond donors (Lipinski definition) is 2. The van der Waals surface area contributed by atoms with E-state index in [0.717, 1.165) is 32.5 Å². The van der Waals surface area contributed by atoms with Crippen molar-refractivity contribution in [1.82, 2.24) is 15.5 Å². The normalized spacial score (nSPS) is 23.5. The largest absolute Gasteiger partial charge is 0.355 e. The Morgan fingerprint density at radius 1 is 1.53 bits per heavy atom. The predicted molar refractivity (Wildman–Crippen MR) is 78.1 cm³/mol. The summed E-state index contributed by atoms with van der Waals surface area (Å²) in [7, 11) is 2.04. The van der Waals surface area contributed by atoms with Crippen LogP contribution in [0, 0.1) is 0 Å². The van der Waals surface area contributed by atoms with Gasteiger partial charge in [0.1, 0.15) is 0 Å². The molecular weight excluding hydrogens is 238 g/mol. The van der Waals surface area contributed by atoms with Gasteiger partial charge in [0, 0.05) is 19.1 Å². The summed E-state index contributed by atoms with van der Waals surface area (Å²) in [5.41, 5.74) is 1.53. The zero-order chi connectivity index (χ0) is 13.5. The van der Waals surface area contributed by atoms with Gasteiger partial charge in [0.2, 0.25) is 5.91 Å². The number of rotatable bonds is 6. The molecule has 4 nitrogen and oxygen atoms in total. The molecule has 0 aromatic carbocycles. The molecule has 2 rings (SSSR count). The van der Waals surface area contributed by atoms with Crippen molar-refractivity contribution in [3.63, 3.8) is 0 Å². The fraction of sp³-hybridized carbons (Fsp3) is 0.800. The van der Waals surface area contributed by atoms with E-state index in [1.807, 2.05) is 7.05 Å². The highest BCUT2D eigenvalue weighted by Crippen LogP contribution is 2.19. The van der Waals surface area contributed by atoms with Gasteiger partial charge in [-0.25, -0.2) is 0 Å². The summed E-state index contributed by atoms with van der Waals surface area (Å²) in [6.07, 6.45) is 9.63. The van der Waals surface area contributed by atoms with Crippen LogP contribution in [0.5, 0.6) is 0 Å². The molecule has 1 aliphatic heterocycles. The zero-order valence-electron chi connectivity index (χ0n) is 12.1. The standard InChI is InChI=1S/C15H27N3O/c1-18(14-8-9-16-11-14)12-15(19)17-10-7-13-5-3-2-4-6-13/h5,14,16H,2-4,6-12H2,1H3,(H,17,19). The minimum absolute atomic E-state index is 0.158. The van der Waals surface area contributed by atoms with Gasteiger partial charge in [-0.05, 0) is 52.1 Å². The summed E-state index contributed by atoms with van der Waals surface area (Å²) in [5.74, 6) is 0.158. The first-order valence-electron chi connectivity index (χ1n) is 7.61. The van der Waals surface area contributed by atoms with E-state index in [0.29, 0.717) is 12.6 Å². The van der Waals surface area contributed by atoms with Crippen molar-refractivity contribution in [2.75, 3.05) is 33.2 Å². The average Bonchev–Trinajstić information content (AvgIpc) is 2.94. The quantitative estimate of drug-likeness (QED) is 0.711. The lowest BCUT2D eigenvalue weighted by atomic mass is 9.97. The van der Waals surface area contributed by atoms with Crippen molar-refractivity contribution in [3.8, 4) is 0 Å². The molecule has 1 aliphatic carbocycles. The maximum Gasteiger partial charge on any atom is 0.234 e. The molecule has 4 heteroatoms. The van der Waals surface area contributed by atoms with Gasteiger partial charge in [0.25, 0.3) is 0 Å². The molecule has 2 aliphatic rings. The average molecular weight is 265 g/mol. The van der Waals surface area contributed by atoms with Crippen LogP contribution >= 0.6 is 0 Å². The zero-order valence-corrected chi connectivity index (χ0v) is 12.1. The van der Waals surface area contributed by atoms with Crippen molar-refractivity contribution in [3.05, 3.63) is 11.6 Å². The number of allylic oxidation sites excluding steroid dienone is 1. The van der Waals surface area contributed by atoms with Crippen molar-refractivity contribution in [2.24, 2.45) is 0 Å². The molecule has 0 radical (unpaired) electrons. The highest BCUT2D eigenvalue weighted by molar-refractivity contribution is 5.78. The molecule has 0 aromatic rings. The number of hydrogen-bond acceptors (Lipinski definition) is 3. The Balaban J connectivity index is 1.59. The predicted octanol–water partition coefficient (Wildman–Crippen LogP) is 1.29. The lowest BCUT2D eigenvalue weighted by Gasteiger charge is -2.22. The van der Waals surface area contributed by atoms with Gasteiger partial charge in [0.05, 0.1) is 6.54 Å². The summed E-state index contributed by atoms with van der Waals surface area (Å²) < 4.78 is 0. The van der Waals surface area contributed by atoms with Gasteiger partial charge in [0.15, 0.2) is 0 Å². The van der Waals surface area contributed by atoms with Crippen LogP contribution in [0.25, 0.3) is 0 Å². The Morgan fingerprint density at radius 2 is 2.42 bits per heavy atom. The monoisotopic (exact) mass is 265 g/mol. The number of carbonyl (C=O) groups is 1. The summed E-state index contributed by atoms with van der Waals surface area (Å²) in [4.78, 5) is 14.0. The van der Waals surface area contributed by atoms with Crippen LogP contribution in [0.4, 0.5) is 0 Å². The van der Waals surface area contributed by atoms with Crippen LogP contribution in [0.15, 0.2) is 11.6 Å². The van der Waals surface area contributed by atoms with Gasteiger partial charge in [-0.3, -0.25) is 9.69 Å². The molecule has 1 fully saturated rings. The van der Waals surface area contributed by atoms with Crippen LogP contribution < -0.4 is 10.6 Å². The SMILES string of the molecule is CN(CC(=O)NCCC1=CCCCC1)C1CCNC1. The van der Waals surface area contributed by atoms with E-state index in [2.05, 4.69) is 21.6 Å². The Kier molecular flexibility index (Phi) is 5.86. The van der Waals surface area contributed by atoms with Crippen LogP contribution in [0.1, 0.15) is 38.5 Å². The molecule has 1 heterocycles. The van der Waals surface area contributed by atoms with Crippen molar-refractivity contribution < 1.29 is 4.79 Å². The van der Waals surface area contributed by atoms with Gasteiger partial charge >= 0.3 is 0 Å². The lowest BCUT2D eigenvalue weighted by Crippen LogP contribution is -2.41. The number of nitrogens with one attached hydrogen (secondary N) is 2. The van der Waals surface area contributed by atoms with Gasteiger partial charge < -0.3 is 10.6 Å². The Bertz CT molecular complexity index is 321. The molecule has 108 valence electrons. The summed E-state index contributed by atoms with van der Waals surface area (Å²) >= 11 is 0. The highest BCUT2D eigenvalue weighted by atomic mass is 16.2. The topological polar surface area (TPSA) is 44.4 Å². The summed E-state index contributed by atoms with van der Waals surface area (Å²) in [5, 5.41) is 6.37. The molecule has 0 aromatic heterocycles. The first-order chi connectivity index (χ1) is 9.25. The fourth-order valence-corrected chi connectivity index (χ4v) is 2.92. The molecule has 1 amide bonds. The fourth-order valence-electron chi connectivity index (χ4n) is 2.92. The van der Waals surface area contributed by atoms with Crippen LogP contribution in [0.3, 0.4) is 0 Å². The number of nitrogens with zero attached hydrogens (tertiary/aromatic N) is 1. The molecule has 1 unspecified atom stereocenters. The van der Waals surface area contributed by atoms with Crippen LogP contribution in [0.2, 0.25) is 0 Å². The minimum atomic E-state index is 0.158. The first kappa shape index (κ1) is 14.5. The second-order valence-electron chi connectivity index (χ2n) is 5.77. The number of likely N-dealkylation sites (N-methyl/N-ethyl adjacent to an activating group) is 1. The van der Waals surface area contributed by atoms with E-state index in [-0.39, 0.29) is 5.91 Å². The Labute approximate surface area is 116 Å². The second kappa shape index (κ2) is 7.65. The molecule has 0 saturated carbocycles. The van der Waals surface area contributed by atoms with Gasteiger partial charge in [-0.2, -0.15) is 0 Å². The maximum absolute atomic E-state index is 11.9. The minimum Gasteiger partial charge on any atom is -0.355 e. The van der Waals surface area contributed by atoms with Crippen molar-refractivity contribution in [2.45, 2.75) is 44.6 Å². The molecule has 2 N–H and O–H groups in total. The number of carbonyl (C=O) groups excluding carboxylic acids is 1. The summed E-state index contributed by atoms with van der Waals surface area (Å²) in [6.45, 7) is 3.40. The van der Waals surface area contributed by atoms with Gasteiger partial charge in [-0.15, -0.1) is 0 Å². The van der Waals surface area contributed by atoms with E-state index in [1.54, 1.807) is 0 Å². The third kappa shape index (κ3) is 4.96. The maximum atomic E-state index is 11.9. The van der Waals surface area contributed by atoms with Crippen LogP contribution in [-0.2, 0) is 4.79 Å². The Morgan fingerprint density at radius 3 is 3.11 bits per heavy atom. The molecule has 19 heavy (non-hydrogen) atoms. The lowest BCUT2D eigenvalue weighted by molar-refractivity contribution is -0.122. The molecule has 0 spiro atoms. The second-order valence-corrected chi connectivity index (χ2v) is 5.77. The van der Waals surface area contributed by atoms with E-state index in [9.17, 15) is 4.79 Å². The summed E-state index contributed by atoms with van der Waals surface area (Å²) in [6, 6.07) is 0.520. The molecule has 0 bridgehead atoms. The first-order valence-corrected chi connectivity index (χ1v) is 7.61. The third-order valence-electron chi connectivity index (χ3n) is 4.20. The number of amides is 1. The smallest absolute Gasteiger partial charge is 0.234 e. The Hall–Kier alpha value is -0.870. The molecule has 1 saturated heterocycles. The van der Waals surface area contributed by atoms with Crippen LogP contribution in [-0.4, -0.2) is 50.1 Å². The third-order valence-corrected chi connectivity index (χ3v) is 4.20. The van der Waals surface area contributed by atoms with E-state index in [1.165, 1.54) is 31.3 Å². The van der Waals surface area contributed by atoms with Crippen molar-refractivity contribution >= 4 is 5.91 Å². The van der Waals surface area contributed by atoms with E-state index >= 15 is 0 Å². The van der Waals surface area contributed by atoms with Crippen molar-refractivity contribution in [1.29, 1.82) is 0 Å². The molecule has 1 atom stereocenters. The van der Waals surface area contributed by atoms with E-state index in [4.69, 9.17) is 0 Å². The van der Waals surface area contributed by atoms with Gasteiger partial charge in [-0.1, -0.05) is 11.6 Å². The highest BCUT2D eigenvalue weighted by Gasteiger charge is 2.20. The molecular formula is C15H27N3O. The van der Waals surface area contributed by atoms with E-state index < -0.39 is 0 Å².